The molecule has 4 heterocycles. The van der Waals surface area contributed by atoms with Crippen LogP contribution in [0.2, 0.25) is 0 Å². The molecular formula is C51H53O25+. The van der Waals surface area contributed by atoms with E-state index < -0.39 is 147 Å². The van der Waals surface area contributed by atoms with Gasteiger partial charge in [0.1, 0.15) is 109 Å². The molecule has 3 fully saturated rings. The second-order valence-corrected chi connectivity index (χ2v) is 17.7. The minimum Gasteiger partial charge on any atom is -0.508 e. The molecule has 406 valence electrons. The van der Waals surface area contributed by atoms with Crippen LogP contribution in [0.5, 0.6) is 40.2 Å². The van der Waals surface area contributed by atoms with E-state index in [-0.39, 0.29) is 39.5 Å². The predicted octanol–water partition coefficient (Wildman–Crippen LogP) is -0.381. The van der Waals surface area contributed by atoms with Gasteiger partial charge < -0.3 is 109 Å². The second kappa shape index (κ2) is 23.8. The number of hydrogen-bond donors (Lipinski definition) is 14. The van der Waals surface area contributed by atoms with Crippen LogP contribution in [0.1, 0.15) is 11.1 Å². The maximum Gasteiger partial charge on any atom is 0.402 e. The summed E-state index contributed by atoms with van der Waals surface area (Å²) in [6.07, 6.45) is -23.7. The van der Waals surface area contributed by atoms with Crippen LogP contribution in [0.4, 0.5) is 0 Å². The molecule has 0 radical (unpaired) electrons. The molecule has 4 aromatic carbocycles. The smallest absolute Gasteiger partial charge is 0.402 e. The standard InChI is InChI=1S/C51H52O25/c52-19-34-39(60)42(63)45(66)49(73-34)71-32-17-27(55)16-31-28(32)18-33(47(70-31)24-7-12-29(56)30(57)15-24)72-51-48(44(65)41(62)36(75-51)21-69-38(59)14-6-23-3-10-26(54)11-4-23)76-50-46(67)43(64)40(61)35(74-50)20-68-37(58)13-5-22-1-8-25(53)9-2-22/h1-18,34-36,39-46,48-52,60-67H,19-21H2,(H4-,53,54,55,56,57,58,59)/p+1/t34?,35?,36?,39-,40-,41-,42+,43+,44+,45?,46?,48?,49-,50+,51-/m1/s1. The maximum atomic E-state index is 12.9. The molecule has 14 N–H and O–H groups in total. The number of carbonyl (C=O) groups is 2. The van der Waals surface area contributed by atoms with Crippen molar-refractivity contribution in [3.8, 4) is 51.6 Å². The van der Waals surface area contributed by atoms with Crippen molar-refractivity contribution >= 4 is 35.1 Å². The molecule has 0 amide bonds. The van der Waals surface area contributed by atoms with Gasteiger partial charge in [0, 0.05) is 30.4 Å². The summed E-state index contributed by atoms with van der Waals surface area (Å²) < 4.78 is 52.6. The number of aliphatic hydroxyl groups excluding tert-OH is 9. The Bertz CT molecular complexity index is 2880. The van der Waals surface area contributed by atoms with E-state index in [4.69, 9.17) is 42.3 Å². The number of phenols is 5. The van der Waals surface area contributed by atoms with Gasteiger partial charge in [0.05, 0.1) is 18.2 Å². The van der Waals surface area contributed by atoms with Crippen LogP contribution < -0.4 is 9.47 Å². The van der Waals surface area contributed by atoms with Crippen LogP contribution in [-0.4, -0.2) is 195 Å². The molecule has 6 unspecified atom stereocenters. The summed E-state index contributed by atoms with van der Waals surface area (Å²) in [6, 6.07) is 18.3. The lowest BCUT2D eigenvalue weighted by atomic mass is 9.97. The molecule has 3 aliphatic rings. The van der Waals surface area contributed by atoms with Crippen molar-refractivity contribution in [3.05, 3.63) is 108 Å². The molecule has 5 aromatic rings. The number of aromatic hydroxyl groups is 5. The third-order valence-electron chi connectivity index (χ3n) is 12.4. The highest BCUT2D eigenvalue weighted by Gasteiger charge is 2.53. The summed E-state index contributed by atoms with van der Waals surface area (Å²) in [5, 5.41) is 149. The van der Waals surface area contributed by atoms with Gasteiger partial charge in [-0.05, 0) is 59.7 Å². The van der Waals surface area contributed by atoms with E-state index in [9.17, 15) is 81.1 Å². The largest absolute Gasteiger partial charge is 0.508 e. The first-order valence-corrected chi connectivity index (χ1v) is 23.2. The Labute approximate surface area is 429 Å². The first-order valence-electron chi connectivity index (χ1n) is 23.2. The van der Waals surface area contributed by atoms with Crippen molar-refractivity contribution < 1.29 is 123 Å². The molecule has 76 heavy (non-hydrogen) atoms. The van der Waals surface area contributed by atoms with Gasteiger partial charge in [0.15, 0.2) is 23.9 Å². The third kappa shape index (κ3) is 12.5. The molecule has 0 spiro atoms. The minimum atomic E-state index is -2.14. The van der Waals surface area contributed by atoms with E-state index in [0.29, 0.717) is 11.1 Å². The summed E-state index contributed by atoms with van der Waals surface area (Å²) >= 11 is 0. The van der Waals surface area contributed by atoms with Crippen LogP contribution in [-0.2, 0) is 38.0 Å². The van der Waals surface area contributed by atoms with Gasteiger partial charge in [-0.2, -0.15) is 0 Å². The maximum absolute atomic E-state index is 12.9. The molecule has 25 nitrogen and oxygen atoms in total. The van der Waals surface area contributed by atoms with Gasteiger partial charge in [-0.15, -0.1) is 0 Å². The Morgan fingerprint density at radius 3 is 1.59 bits per heavy atom. The quantitative estimate of drug-likeness (QED) is 0.0259. The number of carbonyl (C=O) groups excluding carboxylic acids is 2. The Balaban J connectivity index is 1.13. The van der Waals surface area contributed by atoms with Gasteiger partial charge in [0.2, 0.25) is 18.3 Å². The lowest BCUT2D eigenvalue weighted by molar-refractivity contribution is -0.358. The second-order valence-electron chi connectivity index (χ2n) is 17.7. The lowest BCUT2D eigenvalue weighted by Crippen LogP contribution is -2.65. The number of esters is 2. The van der Waals surface area contributed by atoms with E-state index in [2.05, 4.69) is 0 Å². The SMILES string of the molecule is O=C(/C=C/c1ccc(O)cc1)OCC1O[C@@H](OC2[C@H](Oc3cc4c(O[C@@H]5OC(CO)[C@@H](O)[C@H](O)C5O)cc(O)cc4[o+]c3-c3ccc(O)c(O)c3)OC(COC(=O)/C=C/c3ccc(O)cc3)[C@@H](O)[C@@H]2O)C(O)[C@@H](O)[C@@H]1O. The van der Waals surface area contributed by atoms with Crippen molar-refractivity contribution in [2.45, 2.75) is 92.1 Å². The molecule has 1 aromatic heterocycles. The predicted molar refractivity (Wildman–Crippen MR) is 255 cm³/mol. The van der Waals surface area contributed by atoms with Crippen LogP contribution >= 0.6 is 0 Å². The van der Waals surface area contributed by atoms with Crippen molar-refractivity contribution in [2.24, 2.45) is 0 Å². The summed E-state index contributed by atoms with van der Waals surface area (Å²) in [5.41, 5.74) is 0.764. The summed E-state index contributed by atoms with van der Waals surface area (Å²) in [7, 11) is 0. The van der Waals surface area contributed by atoms with Gasteiger partial charge in [0.25, 0.3) is 0 Å². The molecule has 3 saturated heterocycles. The number of rotatable bonds is 16. The number of ether oxygens (including phenoxy) is 8. The van der Waals surface area contributed by atoms with Crippen LogP contribution in [0.25, 0.3) is 34.4 Å². The topological polar surface area (TPSA) is 403 Å². The summed E-state index contributed by atoms with van der Waals surface area (Å²) in [4.78, 5) is 25.6. The van der Waals surface area contributed by atoms with Gasteiger partial charge in [-0.3, -0.25) is 0 Å². The molecule has 3 aliphatic heterocycles. The summed E-state index contributed by atoms with van der Waals surface area (Å²) in [5.74, 6) is -4.76. The van der Waals surface area contributed by atoms with E-state index >= 15 is 0 Å². The van der Waals surface area contributed by atoms with E-state index in [1.165, 1.54) is 72.8 Å². The fourth-order valence-electron chi connectivity index (χ4n) is 8.17. The fraction of sp³-hybridized carbons (Fsp3) is 0.353. The Morgan fingerprint density at radius 1 is 0.513 bits per heavy atom. The highest BCUT2D eigenvalue weighted by Crippen LogP contribution is 2.44. The molecule has 25 heteroatoms. The fourth-order valence-corrected chi connectivity index (χ4v) is 8.17. The molecule has 15 atom stereocenters. The van der Waals surface area contributed by atoms with Crippen molar-refractivity contribution in [1.29, 1.82) is 0 Å². The number of benzene rings is 4. The first kappa shape index (κ1) is 55.0. The van der Waals surface area contributed by atoms with Gasteiger partial charge in [-0.1, -0.05) is 24.3 Å². The number of aliphatic hydroxyl groups is 9. The Hall–Kier alpha value is -7.21. The summed E-state index contributed by atoms with van der Waals surface area (Å²) in [6.45, 7) is -2.33. The number of hydrogen-bond acceptors (Lipinski definition) is 24. The van der Waals surface area contributed by atoms with Gasteiger partial charge >= 0.3 is 23.3 Å². The zero-order valence-corrected chi connectivity index (χ0v) is 39.4. The van der Waals surface area contributed by atoms with Crippen LogP contribution in [0.15, 0.2) is 101 Å². The average Bonchev–Trinajstić information content (AvgIpc) is 3.41. The average molecular weight is 1070 g/mol. The van der Waals surface area contributed by atoms with Crippen molar-refractivity contribution in [1.82, 2.24) is 0 Å². The zero-order chi connectivity index (χ0) is 54.5. The van der Waals surface area contributed by atoms with Crippen LogP contribution in [0, 0.1) is 0 Å². The van der Waals surface area contributed by atoms with Crippen molar-refractivity contribution in [3.63, 3.8) is 0 Å². The third-order valence-corrected chi connectivity index (χ3v) is 12.4. The van der Waals surface area contributed by atoms with E-state index in [1.807, 2.05) is 0 Å². The first-order chi connectivity index (χ1) is 36.3. The van der Waals surface area contributed by atoms with E-state index in [0.717, 1.165) is 36.4 Å². The molecule has 0 saturated carbocycles. The highest BCUT2D eigenvalue weighted by molar-refractivity contribution is 5.89. The highest BCUT2D eigenvalue weighted by atomic mass is 16.8. The molecular weight excluding hydrogens is 1010 g/mol. The molecule has 0 aliphatic carbocycles. The van der Waals surface area contributed by atoms with Crippen molar-refractivity contribution in [2.75, 3.05) is 19.8 Å². The molecule has 8 rings (SSSR count). The van der Waals surface area contributed by atoms with Gasteiger partial charge in [-0.25, -0.2) is 14.0 Å². The zero-order valence-electron chi connectivity index (χ0n) is 39.4. The Kier molecular flexibility index (Phi) is 17.2. The normalized spacial score (nSPS) is 29.8. The molecule has 0 bridgehead atoms. The van der Waals surface area contributed by atoms with Crippen LogP contribution in [0.3, 0.4) is 0 Å². The minimum absolute atomic E-state index is 0.0135. The lowest BCUT2D eigenvalue weighted by Gasteiger charge is -2.45. The Morgan fingerprint density at radius 2 is 1.03 bits per heavy atom. The number of phenolic OH excluding ortho intramolecular Hbond substituents is 5. The monoisotopic (exact) mass is 1070 g/mol. The number of fused-ring (bicyclic) bond motifs is 1. The van der Waals surface area contributed by atoms with E-state index in [1.54, 1.807) is 0 Å².